The Morgan fingerprint density at radius 3 is 2.70 bits per heavy atom. The van der Waals surface area contributed by atoms with Crippen molar-refractivity contribution in [3.05, 3.63) is 35.4 Å². The molecule has 0 N–H and O–H groups in total. The number of benzene rings is 1. The molecule has 0 bridgehead atoms. The highest BCUT2D eigenvalue weighted by atomic mass is 16.7. The van der Waals surface area contributed by atoms with Gasteiger partial charge in [0, 0.05) is 12.8 Å². The second-order valence-electron chi connectivity index (χ2n) is 5.43. The summed E-state index contributed by atoms with van der Waals surface area (Å²) in [5.41, 5.74) is 1.74. The molecule has 1 saturated heterocycles. The third kappa shape index (κ3) is 3.01. The molecule has 0 aromatic heterocycles. The zero-order valence-electron chi connectivity index (χ0n) is 11.5. The second kappa shape index (κ2) is 5.92. The van der Waals surface area contributed by atoms with Gasteiger partial charge in [0.15, 0.2) is 5.79 Å². The van der Waals surface area contributed by atoms with Crippen molar-refractivity contribution in [3.63, 3.8) is 0 Å². The minimum absolute atomic E-state index is 0.263. The topological polar surface area (TPSA) is 51.5 Å². The molecule has 1 aromatic carbocycles. The molecule has 4 nitrogen and oxygen atoms in total. The van der Waals surface area contributed by atoms with Crippen LogP contribution in [0.3, 0.4) is 0 Å². The van der Waals surface area contributed by atoms with E-state index in [0.717, 1.165) is 31.2 Å². The van der Waals surface area contributed by atoms with Gasteiger partial charge in [-0.05, 0) is 30.5 Å². The lowest BCUT2D eigenvalue weighted by atomic mass is 9.92. The predicted octanol–water partition coefficient (Wildman–Crippen LogP) is 2.76. The standard InChI is InChI=1S/C16H19NO3/c17-11-13-2-1-3-14(10-13)12-18-15-4-6-16(7-5-15)19-8-9-20-16/h1-3,10,15H,4-9,12H2. The van der Waals surface area contributed by atoms with Crippen LogP contribution < -0.4 is 0 Å². The van der Waals surface area contributed by atoms with Crippen LogP contribution in [0.2, 0.25) is 0 Å². The molecule has 0 radical (unpaired) electrons. The summed E-state index contributed by atoms with van der Waals surface area (Å²) in [4.78, 5) is 0. The summed E-state index contributed by atoms with van der Waals surface area (Å²) >= 11 is 0. The quantitative estimate of drug-likeness (QED) is 0.849. The van der Waals surface area contributed by atoms with Crippen molar-refractivity contribution in [1.29, 1.82) is 5.26 Å². The van der Waals surface area contributed by atoms with Gasteiger partial charge in [0.2, 0.25) is 0 Å². The van der Waals surface area contributed by atoms with E-state index in [1.54, 1.807) is 0 Å². The van der Waals surface area contributed by atoms with Crippen molar-refractivity contribution in [3.8, 4) is 6.07 Å². The lowest BCUT2D eigenvalue weighted by Crippen LogP contribution is -2.37. The summed E-state index contributed by atoms with van der Waals surface area (Å²) in [5, 5.41) is 8.88. The van der Waals surface area contributed by atoms with Gasteiger partial charge in [0.05, 0.1) is 37.6 Å². The minimum Gasteiger partial charge on any atom is -0.374 e. The number of hydrogen-bond donors (Lipinski definition) is 0. The highest BCUT2D eigenvalue weighted by Crippen LogP contribution is 2.36. The molecule has 2 fully saturated rings. The van der Waals surface area contributed by atoms with Gasteiger partial charge in [-0.1, -0.05) is 12.1 Å². The monoisotopic (exact) mass is 273 g/mol. The van der Waals surface area contributed by atoms with Gasteiger partial charge in [0.1, 0.15) is 0 Å². The summed E-state index contributed by atoms with van der Waals surface area (Å²) in [5.74, 6) is -0.319. The van der Waals surface area contributed by atoms with Crippen molar-refractivity contribution < 1.29 is 14.2 Å². The van der Waals surface area contributed by atoms with Crippen LogP contribution in [0.4, 0.5) is 0 Å². The molecule has 1 aliphatic carbocycles. The second-order valence-corrected chi connectivity index (χ2v) is 5.43. The number of nitrogens with zero attached hydrogens (tertiary/aromatic N) is 1. The van der Waals surface area contributed by atoms with Crippen LogP contribution in [-0.4, -0.2) is 25.1 Å². The first-order valence-corrected chi connectivity index (χ1v) is 7.18. The molecule has 0 unspecified atom stereocenters. The Morgan fingerprint density at radius 2 is 2.00 bits per heavy atom. The summed E-state index contributed by atoms with van der Waals surface area (Å²) in [6.45, 7) is 1.99. The van der Waals surface area contributed by atoms with E-state index in [1.165, 1.54) is 0 Å². The Kier molecular flexibility index (Phi) is 4.02. The van der Waals surface area contributed by atoms with E-state index in [4.69, 9.17) is 19.5 Å². The molecule has 1 aliphatic heterocycles. The number of hydrogen-bond acceptors (Lipinski definition) is 4. The fourth-order valence-corrected chi connectivity index (χ4v) is 2.93. The molecule has 4 heteroatoms. The molecule has 1 heterocycles. The Hall–Kier alpha value is -1.41. The first kappa shape index (κ1) is 13.6. The normalized spacial score (nSPS) is 21.9. The number of rotatable bonds is 3. The van der Waals surface area contributed by atoms with Gasteiger partial charge in [-0.2, -0.15) is 5.26 Å². The van der Waals surface area contributed by atoms with Gasteiger partial charge in [-0.25, -0.2) is 0 Å². The van der Waals surface area contributed by atoms with Crippen LogP contribution in [0.15, 0.2) is 24.3 Å². The molecule has 0 atom stereocenters. The van der Waals surface area contributed by atoms with Crippen molar-refractivity contribution in [2.24, 2.45) is 0 Å². The van der Waals surface area contributed by atoms with Crippen LogP contribution >= 0.6 is 0 Å². The van der Waals surface area contributed by atoms with Crippen molar-refractivity contribution in [1.82, 2.24) is 0 Å². The highest BCUT2D eigenvalue weighted by molar-refractivity contribution is 5.32. The van der Waals surface area contributed by atoms with Gasteiger partial charge >= 0.3 is 0 Å². The third-order valence-corrected chi connectivity index (χ3v) is 4.05. The summed E-state index contributed by atoms with van der Waals surface area (Å²) < 4.78 is 17.4. The first-order valence-electron chi connectivity index (χ1n) is 7.18. The maximum atomic E-state index is 8.88. The lowest BCUT2D eigenvalue weighted by molar-refractivity contribution is -0.192. The molecule has 3 rings (SSSR count). The van der Waals surface area contributed by atoms with Crippen molar-refractivity contribution >= 4 is 0 Å². The summed E-state index contributed by atoms with van der Waals surface area (Å²) in [6, 6.07) is 9.73. The molecule has 1 spiro atoms. The fourth-order valence-electron chi connectivity index (χ4n) is 2.93. The van der Waals surface area contributed by atoms with Crippen LogP contribution in [0.5, 0.6) is 0 Å². The molecular formula is C16H19NO3. The largest absolute Gasteiger partial charge is 0.374 e. The van der Waals surface area contributed by atoms with Gasteiger partial charge in [-0.15, -0.1) is 0 Å². The zero-order chi connectivity index (χ0) is 13.8. The molecule has 2 aliphatic rings. The highest BCUT2D eigenvalue weighted by Gasteiger charge is 2.40. The van der Waals surface area contributed by atoms with E-state index in [-0.39, 0.29) is 11.9 Å². The van der Waals surface area contributed by atoms with E-state index >= 15 is 0 Å². The predicted molar refractivity (Wildman–Crippen MR) is 72.8 cm³/mol. The molecule has 1 aromatic rings. The average molecular weight is 273 g/mol. The summed E-state index contributed by atoms with van der Waals surface area (Å²) in [7, 11) is 0. The van der Waals surface area contributed by atoms with Crippen molar-refractivity contribution in [2.75, 3.05) is 13.2 Å². The van der Waals surface area contributed by atoms with Crippen LogP contribution in [-0.2, 0) is 20.8 Å². The van der Waals surface area contributed by atoms with E-state index < -0.39 is 0 Å². The molecule has 1 saturated carbocycles. The lowest BCUT2D eigenvalue weighted by Gasteiger charge is -2.35. The Morgan fingerprint density at radius 1 is 1.25 bits per heavy atom. The first-order chi connectivity index (χ1) is 9.80. The van der Waals surface area contributed by atoms with E-state index in [0.29, 0.717) is 25.4 Å². The van der Waals surface area contributed by atoms with Crippen LogP contribution in [0, 0.1) is 11.3 Å². The molecule has 20 heavy (non-hydrogen) atoms. The third-order valence-electron chi connectivity index (χ3n) is 4.05. The molecule has 0 amide bonds. The Labute approximate surface area is 119 Å². The van der Waals surface area contributed by atoms with Gasteiger partial charge < -0.3 is 14.2 Å². The fraction of sp³-hybridized carbons (Fsp3) is 0.562. The maximum Gasteiger partial charge on any atom is 0.168 e. The van der Waals surface area contributed by atoms with E-state index in [9.17, 15) is 0 Å². The van der Waals surface area contributed by atoms with E-state index in [2.05, 4.69) is 6.07 Å². The molecular weight excluding hydrogens is 254 g/mol. The maximum absolute atomic E-state index is 8.88. The van der Waals surface area contributed by atoms with Gasteiger partial charge in [0.25, 0.3) is 0 Å². The number of ether oxygens (including phenoxy) is 3. The zero-order valence-corrected chi connectivity index (χ0v) is 11.5. The van der Waals surface area contributed by atoms with Crippen LogP contribution in [0.1, 0.15) is 36.8 Å². The smallest absolute Gasteiger partial charge is 0.168 e. The van der Waals surface area contributed by atoms with E-state index in [1.807, 2.05) is 24.3 Å². The summed E-state index contributed by atoms with van der Waals surface area (Å²) in [6.07, 6.45) is 4.03. The average Bonchev–Trinajstić information content (AvgIpc) is 2.95. The molecule has 106 valence electrons. The SMILES string of the molecule is N#Cc1cccc(COC2CCC3(CC2)OCCO3)c1. The van der Waals surface area contributed by atoms with Gasteiger partial charge in [-0.3, -0.25) is 0 Å². The number of nitriles is 1. The Bertz CT molecular complexity index is 493. The van der Waals surface area contributed by atoms with Crippen LogP contribution in [0.25, 0.3) is 0 Å². The minimum atomic E-state index is -0.319. The van der Waals surface area contributed by atoms with Crippen molar-refractivity contribution in [2.45, 2.75) is 44.2 Å². The Balaban J connectivity index is 1.49.